The quantitative estimate of drug-likeness (QED) is 0.804. The van der Waals surface area contributed by atoms with Crippen LogP contribution in [-0.4, -0.2) is 35.1 Å². The monoisotopic (exact) mass is 314 g/mol. The number of hydrogen-bond donors (Lipinski definition) is 2. The van der Waals surface area contributed by atoms with E-state index in [0.29, 0.717) is 11.5 Å². The fourth-order valence-electron chi connectivity index (χ4n) is 2.18. The molecule has 8 nitrogen and oxygen atoms in total. The summed E-state index contributed by atoms with van der Waals surface area (Å²) in [4.78, 5) is 0.0505. The van der Waals surface area contributed by atoms with Crippen molar-refractivity contribution >= 4 is 10.0 Å². The normalized spacial score (nSPS) is 13.5. The van der Waals surface area contributed by atoms with Gasteiger partial charge in [0.15, 0.2) is 0 Å². The minimum atomic E-state index is -3.70. The van der Waals surface area contributed by atoms with Crippen LogP contribution >= 0.6 is 0 Å². The second kappa shape index (κ2) is 5.96. The second-order valence-electron chi connectivity index (χ2n) is 4.74. The summed E-state index contributed by atoms with van der Waals surface area (Å²) in [5.41, 5.74) is 1.38. The van der Waals surface area contributed by atoms with Gasteiger partial charge in [0, 0.05) is 17.8 Å². The molecule has 0 fully saturated rings. The van der Waals surface area contributed by atoms with E-state index in [1.54, 1.807) is 20.8 Å². The number of aliphatic hydroxyl groups is 1. The summed E-state index contributed by atoms with van der Waals surface area (Å²) >= 11 is 0. The van der Waals surface area contributed by atoms with Gasteiger partial charge in [-0.05, 0) is 20.8 Å². The Balaban J connectivity index is 2.20. The van der Waals surface area contributed by atoms with Crippen LogP contribution in [0.1, 0.15) is 30.0 Å². The molecule has 0 spiro atoms. The van der Waals surface area contributed by atoms with Crippen LogP contribution in [0.2, 0.25) is 0 Å². The van der Waals surface area contributed by atoms with Gasteiger partial charge in [-0.15, -0.1) is 0 Å². The molecule has 2 heterocycles. The van der Waals surface area contributed by atoms with E-state index in [2.05, 4.69) is 15.0 Å². The maximum atomic E-state index is 12.3. The fourth-order valence-corrected chi connectivity index (χ4v) is 3.34. The van der Waals surface area contributed by atoms with E-state index in [0.717, 1.165) is 5.56 Å². The Hall–Kier alpha value is -1.71. The molecule has 2 N–H and O–H groups in total. The van der Waals surface area contributed by atoms with Crippen LogP contribution in [0.25, 0.3) is 0 Å². The van der Waals surface area contributed by atoms with Crippen molar-refractivity contribution in [2.45, 2.75) is 38.3 Å². The van der Waals surface area contributed by atoms with E-state index in [9.17, 15) is 8.42 Å². The molecule has 116 valence electrons. The molecular formula is C12H18N4O4S. The number of rotatable bonds is 6. The molecule has 1 atom stereocenters. The third kappa shape index (κ3) is 3.31. The first-order valence-electron chi connectivity index (χ1n) is 6.43. The van der Waals surface area contributed by atoms with E-state index in [4.69, 9.17) is 9.63 Å². The van der Waals surface area contributed by atoms with E-state index >= 15 is 0 Å². The van der Waals surface area contributed by atoms with Gasteiger partial charge < -0.3 is 9.63 Å². The van der Waals surface area contributed by atoms with Gasteiger partial charge in [-0.1, -0.05) is 5.16 Å². The molecule has 0 aliphatic carbocycles. The molecule has 0 bridgehead atoms. The number of aliphatic hydroxyl groups excluding tert-OH is 1. The Morgan fingerprint density at radius 1 is 1.48 bits per heavy atom. The van der Waals surface area contributed by atoms with Crippen molar-refractivity contribution in [2.75, 3.05) is 6.61 Å². The Kier molecular flexibility index (Phi) is 4.45. The lowest BCUT2D eigenvalue weighted by Crippen LogP contribution is -2.27. The van der Waals surface area contributed by atoms with Crippen LogP contribution in [0, 0.1) is 13.8 Å². The first kappa shape index (κ1) is 15.7. The highest BCUT2D eigenvalue weighted by Gasteiger charge is 2.24. The van der Waals surface area contributed by atoms with Gasteiger partial charge in [-0.2, -0.15) is 5.10 Å². The highest BCUT2D eigenvalue weighted by atomic mass is 32.2. The lowest BCUT2D eigenvalue weighted by Gasteiger charge is -2.13. The molecule has 2 aromatic rings. The van der Waals surface area contributed by atoms with Crippen molar-refractivity contribution < 1.29 is 18.0 Å². The van der Waals surface area contributed by atoms with Gasteiger partial charge in [0.2, 0.25) is 10.0 Å². The van der Waals surface area contributed by atoms with Gasteiger partial charge in [-0.25, -0.2) is 13.1 Å². The third-order valence-corrected chi connectivity index (χ3v) is 4.60. The van der Waals surface area contributed by atoms with E-state index in [1.807, 2.05) is 0 Å². The molecule has 21 heavy (non-hydrogen) atoms. The minimum Gasteiger partial charge on any atom is -0.394 e. The molecule has 2 rings (SSSR count). The van der Waals surface area contributed by atoms with Gasteiger partial charge >= 0.3 is 0 Å². The van der Waals surface area contributed by atoms with Crippen LogP contribution in [-0.2, 0) is 16.6 Å². The maximum absolute atomic E-state index is 12.3. The zero-order valence-electron chi connectivity index (χ0n) is 12.1. The van der Waals surface area contributed by atoms with Crippen LogP contribution in [0.5, 0.6) is 0 Å². The molecule has 1 unspecified atom stereocenters. The van der Waals surface area contributed by atoms with Crippen molar-refractivity contribution in [1.82, 2.24) is 19.7 Å². The van der Waals surface area contributed by atoms with Crippen LogP contribution < -0.4 is 4.72 Å². The van der Waals surface area contributed by atoms with Gasteiger partial charge in [0.05, 0.1) is 25.0 Å². The Bertz CT molecular complexity index is 700. The summed E-state index contributed by atoms with van der Waals surface area (Å²) in [6, 6.07) is -0.470. The predicted octanol–water partition coefficient (Wildman–Crippen LogP) is 0.520. The topological polar surface area (TPSA) is 110 Å². The second-order valence-corrected chi connectivity index (χ2v) is 6.46. The lowest BCUT2D eigenvalue weighted by molar-refractivity contribution is 0.269. The number of aromatic nitrogens is 3. The van der Waals surface area contributed by atoms with Crippen molar-refractivity contribution in [3.05, 3.63) is 29.4 Å². The molecule has 0 amide bonds. The van der Waals surface area contributed by atoms with E-state index in [1.165, 1.54) is 17.1 Å². The summed E-state index contributed by atoms with van der Waals surface area (Å²) in [6.07, 6.45) is 2.62. The van der Waals surface area contributed by atoms with Gasteiger partial charge in [0.1, 0.15) is 10.7 Å². The Morgan fingerprint density at radius 3 is 2.76 bits per heavy atom. The smallest absolute Gasteiger partial charge is 0.244 e. The summed E-state index contributed by atoms with van der Waals surface area (Å²) in [5.74, 6) is 0.582. The first-order chi connectivity index (χ1) is 9.85. The average Bonchev–Trinajstić information content (AvgIpc) is 2.97. The predicted molar refractivity (Wildman–Crippen MR) is 74.0 cm³/mol. The zero-order valence-corrected chi connectivity index (χ0v) is 12.9. The summed E-state index contributed by atoms with van der Waals surface area (Å²) in [5, 5.41) is 16.5. The molecule has 0 radical (unpaired) electrons. The fraction of sp³-hybridized carbons (Fsp3) is 0.500. The standard InChI is InChI=1S/C12H18N4O4S/c1-8-12(10(3)20-14-8)9(2)15-21(18,19)11-6-13-16(7-11)4-5-17/h6-7,9,15,17H,4-5H2,1-3H3. The SMILES string of the molecule is Cc1noc(C)c1C(C)NS(=O)(=O)c1cnn(CCO)c1. The van der Waals surface area contributed by atoms with Crippen molar-refractivity contribution in [3.63, 3.8) is 0 Å². The van der Waals surface area contributed by atoms with Crippen LogP contribution in [0.3, 0.4) is 0 Å². The highest BCUT2D eigenvalue weighted by Crippen LogP contribution is 2.22. The number of nitrogens with zero attached hydrogens (tertiary/aromatic N) is 3. The molecule has 0 saturated carbocycles. The van der Waals surface area contributed by atoms with Gasteiger partial charge in [-0.3, -0.25) is 4.68 Å². The Labute approximate surface area is 122 Å². The number of aryl methyl sites for hydroxylation is 2. The molecule has 0 saturated heterocycles. The zero-order chi connectivity index (χ0) is 15.6. The largest absolute Gasteiger partial charge is 0.394 e. The molecule has 2 aromatic heterocycles. The number of sulfonamides is 1. The summed E-state index contributed by atoms with van der Waals surface area (Å²) < 4.78 is 33.6. The molecule has 0 aliphatic rings. The molecular weight excluding hydrogens is 296 g/mol. The van der Waals surface area contributed by atoms with E-state index < -0.39 is 16.1 Å². The molecule has 0 aliphatic heterocycles. The van der Waals surface area contributed by atoms with Crippen LogP contribution in [0.4, 0.5) is 0 Å². The first-order valence-corrected chi connectivity index (χ1v) is 7.92. The van der Waals surface area contributed by atoms with Crippen LogP contribution in [0.15, 0.2) is 21.8 Å². The average molecular weight is 314 g/mol. The highest BCUT2D eigenvalue weighted by molar-refractivity contribution is 7.89. The van der Waals surface area contributed by atoms with Crippen molar-refractivity contribution in [1.29, 1.82) is 0 Å². The van der Waals surface area contributed by atoms with Crippen molar-refractivity contribution in [3.8, 4) is 0 Å². The van der Waals surface area contributed by atoms with Crippen molar-refractivity contribution in [2.24, 2.45) is 0 Å². The lowest BCUT2D eigenvalue weighted by atomic mass is 10.1. The minimum absolute atomic E-state index is 0.0505. The number of hydrogen-bond acceptors (Lipinski definition) is 6. The number of nitrogens with one attached hydrogen (secondary N) is 1. The molecule has 9 heteroatoms. The molecule has 0 aromatic carbocycles. The van der Waals surface area contributed by atoms with E-state index in [-0.39, 0.29) is 18.0 Å². The Morgan fingerprint density at radius 2 is 2.19 bits per heavy atom. The third-order valence-electron chi connectivity index (χ3n) is 3.10. The summed E-state index contributed by atoms with van der Waals surface area (Å²) in [7, 11) is -3.70. The maximum Gasteiger partial charge on any atom is 0.244 e. The summed E-state index contributed by atoms with van der Waals surface area (Å²) in [6.45, 7) is 5.36. The van der Waals surface area contributed by atoms with Gasteiger partial charge in [0.25, 0.3) is 0 Å².